The van der Waals surface area contributed by atoms with Crippen molar-refractivity contribution in [1.82, 2.24) is 0 Å². The van der Waals surface area contributed by atoms with Gasteiger partial charge in [-0.25, -0.2) is 0 Å². The summed E-state index contributed by atoms with van der Waals surface area (Å²) in [6, 6.07) is 0. The van der Waals surface area contributed by atoms with Crippen LogP contribution in [0.3, 0.4) is 0 Å². The van der Waals surface area contributed by atoms with Crippen molar-refractivity contribution in [2.45, 2.75) is 46.0 Å². The molecule has 0 amide bonds. The van der Waals surface area contributed by atoms with Crippen molar-refractivity contribution in [2.75, 3.05) is 0 Å². The minimum absolute atomic E-state index is 0.0107. The lowest BCUT2D eigenvalue weighted by Gasteiger charge is -2.60. The minimum atomic E-state index is -0.521. The maximum atomic E-state index is 11.4. The second kappa shape index (κ2) is 3.24. The topological polar surface area (TPSA) is 37.3 Å². The van der Waals surface area contributed by atoms with E-state index in [1.807, 2.05) is 0 Å². The van der Waals surface area contributed by atoms with E-state index in [4.69, 9.17) is 0 Å². The van der Waals surface area contributed by atoms with Gasteiger partial charge < -0.3 is 5.11 Å². The SMILES string of the molecule is CC(C)C12CC3CC(C1)C(C(=O)O)C(C3)C2. The van der Waals surface area contributed by atoms with Gasteiger partial charge in [0.05, 0.1) is 5.92 Å². The van der Waals surface area contributed by atoms with Crippen LogP contribution in [0.5, 0.6) is 0 Å². The molecular weight excluding hydrogens is 200 g/mol. The van der Waals surface area contributed by atoms with Crippen molar-refractivity contribution in [3.8, 4) is 0 Å². The molecule has 4 aliphatic carbocycles. The molecule has 2 nitrogen and oxygen atoms in total. The number of carboxylic acid groups (broad SMARTS) is 1. The fraction of sp³-hybridized carbons (Fsp3) is 0.929. The predicted octanol–water partition coefficient (Wildman–Crippen LogP) is 3.17. The van der Waals surface area contributed by atoms with Crippen molar-refractivity contribution >= 4 is 5.97 Å². The molecule has 0 aromatic heterocycles. The van der Waals surface area contributed by atoms with Crippen LogP contribution in [0.1, 0.15) is 46.0 Å². The van der Waals surface area contributed by atoms with Crippen molar-refractivity contribution in [3.63, 3.8) is 0 Å². The second-order valence-electron chi connectivity index (χ2n) is 6.85. The van der Waals surface area contributed by atoms with Crippen LogP contribution in [0, 0.1) is 35.0 Å². The second-order valence-corrected chi connectivity index (χ2v) is 6.85. The first kappa shape index (κ1) is 10.6. The van der Waals surface area contributed by atoms with E-state index in [0.717, 1.165) is 11.8 Å². The highest BCUT2D eigenvalue weighted by molar-refractivity contribution is 5.71. The number of carbonyl (C=O) groups is 1. The largest absolute Gasteiger partial charge is 0.481 e. The lowest BCUT2D eigenvalue weighted by molar-refractivity contribution is -0.166. The number of hydrogen-bond acceptors (Lipinski definition) is 1. The highest BCUT2D eigenvalue weighted by atomic mass is 16.4. The van der Waals surface area contributed by atoms with Crippen molar-refractivity contribution in [3.05, 3.63) is 0 Å². The molecule has 2 atom stereocenters. The zero-order valence-electron chi connectivity index (χ0n) is 10.3. The van der Waals surface area contributed by atoms with E-state index in [1.54, 1.807) is 0 Å². The third-order valence-corrected chi connectivity index (χ3v) is 5.83. The van der Waals surface area contributed by atoms with E-state index in [2.05, 4.69) is 13.8 Å². The molecule has 4 fully saturated rings. The van der Waals surface area contributed by atoms with Gasteiger partial charge >= 0.3 is 5.97 Å². The van der Waals surface area contributed by atoms with Crippen molar-refractivity contribution in [2.24, 2.45) is 35.0 Å². The molecule has 0 radical (unpaired) electrons. The molecule has 0 aromatic carbocycles. The zero-order valence-corrected chi connectivity index (χ0v) is 10.3. The Bertz CT molecular complexity index is 305. The van der Waals surface area contributed by atoms with Crippen LogP contribution in [0.2, 0.25) is 0 Å². The average molecular weight is 222 g/mol. The molecule has 0 spiro atoms. The van der Waals surface area contributed by atoms with Crippen LogP contribution in [0.15, 0.2) is 0 Å². The molecular formula is C14H22O2. The van der Waals surface area contributed by atoms with Gasteiger partial charge in [0.2, 0.25) is 0 Å². The molecule has 0 heterocycles. The summed E-state index contributed by atoms with van der Waals surface area (Å²) in [6.07, 6.45) is 6.15. The fourth-order valence-corrected chi connectivity index (χ4v) is 5.20. The van der Waals surface area contributed by atoms with Gasteiger partial charge in [-0.15, -0.1) is 0 Å². The Labute approximate surface area is 97.4 Å². The fourth-order valence-electron chi connectivity index (χ4n) is 5.20. The van der Waals surface area contributed by atoms with E-state index >= 15 is 0 Å². The summed E-state index contributed by atoms with van der Waals surface area (Å²) in [4.78, 5) is 11.4. The summed E-state index contributed by atoms with van der Waals surface area (Å²) < 4.78 is 0. The molecule has 16 heavy (non-hydrogen) atoms. The van der Waals surface area contributed by atoms with Crippen LogP contribution in [-0.4, -0.2) is 11.1 Å². The standard InChI is InChI=1S/C14H22O2/c1-8(2)14-5-9-3-10(6-14)12(13(15)16)11(4-9)7-14/h8-12H,3-7H2,1-2H3,(H,15,16). The molecule has 0 aromatic rings. The molecule has 4 rings (SSSR count). The van der Waals surface area contributed by atoms with Crippen molar-refractivity contribution < 1.29 is 9.90 Å². The summed E-state index contributed by atoms with van der Waals surface area (Å²) >= 11 is 0. The molecule has 4 aliphatic rings. The molecule has 1 N–H and O–H groups in total. The van der Waals surface area contributed by atoms with Crippen LogP contribution in [0.4, 0.5) is 0 Å². The van der Waals surface area contributed by atoms with E-state index in [-0.39, 0.29) is 5.92 Å². The molecule has 0 saturated heterocycles. The number of rotatable bonds is 2. The Hall–Kier alpha value is -0.530. The average Bonchev–Trinajstić information content (AvgIpc) is 2.14. The van der Waals surface area contributed by atoms with E-state index in [1.165, 1.54) is 32.1 Å². The quantitative estimate of drug-likeness (QED) is 0.779. The number of carboxylic acids is 1. The predicted molar refractivity (Wildman–Crippen MR) is 62.0 cm³/mol. The van der Waals surface area contributed by atoms with Crippen LogP contribution in [0.25, 0.3) is 0 Å². The molecule has 4 bridgehead atoms. The molecule has 4 saturated carbocycles. The Morgan fingerprint density at radius 3 is 2.19 bits per heavy atom. The zero-order chi connectivity index (χ0) is 11.5. The van der Waals surface area contributed by atoms with Crippen molar-refractivity contribution in [1.29, 1.82) is 0 Å². The summed E-state index contributed by atoms with van der Waals surface area (Å²) in [6.45, 7) is 4.67. The van der Waals surface area contributed by atoms with E-state index in [0.29, 0.717) is 17.3 Å². The van der Waals surface area contributed by atoms with Crippen LogP contribution >= 0.6 is 0 Å². The molecule has 2 heteroatoms. The lowest BCUT2D eigenvalue weighted by Crippen LogP contribution is -2.54. The monoisotopic (exact) mass is 222 g/mol. The first-order valence-electron chi connectivity index (χ1n) is 6.74. The van der Waals surface area contributed by atoms with Gasteiger partial charge in [0, 0.05) is 0 Å². The summed E-state index contributed by atoms with van der Waals surface area (Å²) in [5.41, 5.74) is 0.502. The molecule has 90 valence electrons. The van der Waals surface area contributed by atoms with Crippen LogP contribution in [-0.2, 0) is 4.79 Å². The number of hydrogen-bond donors (Lipinski definition) is 1. The first-order valence-corrected chi connectivity index (χ1v) is 6.74. The van der Waals surface area contributed by atoms with Gasteiger partial charge in [0.1, 0.15) is 0 Å². The summed E-state index contributed by atoms with van der Waals surface area (Å²) in [5, 5.41) is 9.37. The summed E-state index contributed by atoms with van der Waals surface area (Å²) in [5.74, 6) is 2.03. The number of aliphatic carboxylic acids is 1. The third-order valence-electron chi connectivity index (χ3n) is 5.83. The molecule has 0 aliphatic heterocycles. The van der Waals surface area contributed by atoms with Gasteiger partial charge in [-0.3, -0.25) is 4.79 Å². The maximum Gasteiger partial charge on any atom is 0.307 e. The first-order chi connectivity index (χ1) is 7.52. The van der Waals surface area contributed by atoms with Gasteiger partial charge in [-0.1, -0.05) is 13.8 Å². The molecule has 2 unspecified atom stereocenters. The Kier molecular flexibility index (Phi) is 2.15. The van der Waals surface area contributed by atoms with Gasteiger partial charge in [-0.05, 0) is 61.2 Å². The summed E-state index contributed by atoms with van der Waals surface area (Å²) in [7, 11) is 0. The lowest BCUT2D eigenvalue weighted by atomic mass is 9.44. The van der Waals surface area contributed by atoms with Gasteiger partial charge in [0.15, 0.2) is 0 Å². The van der Waals surface area contributed by atoms with E-state index < -0.39 is 5.97 Å². The minimum Gasteiger partial charge on any atom is -0.481 e. The smallest absolute Gasteiger partial charge is 0.307 e. The maximum absolute atomic E-state index is 11.4. The highest BCUT2D eigenvalue weighted by Crippen LogP contribution is 2.64. The third kappa shape index (κ3) is 1.28. The Morgan fingerprint density at radius 2 is 1.75 bits per heavy atom. The van der Waals surface area contributed by atoms with E-state index in [9.17, 15) is 9.90 Å². The van der Waals surface area contributed by atoms with Gasteiger partial charge in [0.25, 0.3) is 0 Å². The normalized spacial score (nSPS) is 49.9. The highest BCUT2D eigenvalue weighted by Gasteiger charge is 2.57. The van der Waals surface area contributed by atoms with Crippen LogP contribution < -0.4 is 0 Å². The van der Waals surface area contributed by atoms with Gasteiger partial charge in [-0.2, -0.15) is 0 Å². The Balaban J connectivity index is 1.92. The Morgan fingerprint density at radius 1 is 1.19 bits per heavy atom.